The SMILES string of the molecule is COc1ccccc1CC(=O)N[C@@H]1C[C@H]2C(=O)N[C@@H]3CCN(C(=O)c4cccc(F)c4)[C@@H]3C(=O)N2C1. The fourth-order valence-corrected chi connectivity index (χ4v) is 5.45. The van der Waals surface area contributed by atoms with Crippen molar-refractivity contribution in [1.82, 2.24) is 20.4 Å². The minimum atomic E-state index is -0.877. The first kappa shape index (κ1) is 23.8. The van der Waals surface area contributed by atoms with Gasteiger partial charge in [-0.15, -0.1) is 0 Å². The minimum absolute atomic E-state index is 0.103. The fraction of sp³-hybridized carbons (Fsp3) is 0.385. The van der Waals surface area contributed by atoms with Gasteiger partial charge in [-0.25, -0.2) is 4.39 Å². The van der Waals surface area contributed by atoms with Gasteiger partial charge in [-0.3, -0.25) is 19.2 Å². The summed E-state index contributed by atoms with van der Waals surface area (Å²) < 4.78 is 19.0. The highest BCUT2D eigenvalue weighted by Gasteiger charge is 2.52. The van der Waals surface area contributed by atoms with Crippen LogP contribution in [0.5, 0.6) is 5.75 Å². The van der Waals surface area contributed by atoms with Gasteiger partial charge >= 0.3 is 0 Å². The van der Waals surface area contributed by atoms with Crippen LogP contribution < -0.4 is 15.4 Å². The summed E-state index contributed by atoms with van der Waals surface area (Å²) in [6.07, 6.45) is 0.821. The molecule has 0 bridgehead atoms. The van der Waals surface area contributed by atoms with E-state index in [-0.39, 0.29) is 49.2 Å². The Labute approximate surface area is 207 Å². The maximum Gasteiger partial charge on any atom is 0.254 e. The average Bonchev–Trinajstić information content (AvgIpc) is 3.46. The molecule has 5 rings (SSSR count). The number of fused-ring (bicyclic) bond motifs is 2. The Hall–Kier alpha value is -3.95. The molecule has 0 aromatic heterocycles. The van der Waals surface area contributed by atoms with Gasteiger partial charge in [-0.1, -0.05) is 24.3 Å². The van der Waals surface area contributed by atoms with Crippen molar-refractivity contribution in [2.75, 3.05) is 20.2 Å². The summed E-state index contributed by atoms with van der Waals surface area (Å²) in [6, 6.07) is 10.0. The number of nitrogens with one attached hydrogen (secondary N) is 2. The van der Waals surface area contributed by atoms with E-state index in [1.165, 1.54) is 35.1 Å². The van der Waals surface area contributed by atoms with E-state index in [1.54, 1.807) is 6.07 Å². The van der Waals surface area contributed by atoms with Crippen molar-refractivity contribution in [1.29, 1.82) is 0 Å². The summed E-state index contributed by atoms with van der Waals surface area (Å²) in [4.78, 5) is 55.3. The topological polar surface area (TPSA) is 108 Å². The number of rotatable bonds is 5. The lowest BCUT2D eigenvalue weighted by Crippen LogP contribution is -2.52. The van der Waals surface area contributed by atoms with Crippen molar-refractivity contribution in [3.05, 3.63) is 65.5 Å². The van der Waals surface area contributed by atoms with Crippen molar-refractivity contribution < 1.29 is 28.3 Å². The van der Waals surface area contributed by atoms with Gasteiger partial charge in [0.2, 0.25) is 17.7 Å². The second-order valence-electron chi connectivity index (χ2n) is 9.35. The van der Waals surface area contributed by atoms with E-state index < -0.39 is 35.9 Å². The number of likely N-dealkylation sites (tertiary alicyclic amines) is 1. The lowest BCUT2D eigenvalue weighted by molar-refractivity contribution is -0.138. The summed E-state index contributed by atoms with van der Waals surface area (Å²) in [5.74, 6) is -1.26. The van der Waals surface area contributed by atoms with E-state index in [9.17, 15) is 23.6 Å². The number of hydrogen-bond donors (Lipinski definition) is 2. The molecule has 3 aliphatic rings. The van der Waals surface area contributed by atoms with Crippen LogP contribution in [-0.4, -0.2) is 77.8 Å². The van der Waals surface area contributed by atoms with Crippen molar-refractivity contribution in [3.8, 4) is 5.75 Å². The summed E-state index contributed by atoms with van der Waals surface area (Å²) >= 11 is 0. The number of ether oxygens (including phenoxy) is 1. The smallest absolute Gasteiger partial charge is 0.254 e. The first-order valence-electron chi connectivity index (χ1n) is 11.9. The van der Waals surface area contributed by atoms with Crippen LogP contribution in [-0.2, 0) is 20.8 Å². The van der Waals surface area contributed by atoms with E-state index in [1.807, 2.05) is 18.2 Å². The van der Waals surface area contributed by atoms with Crippen LogP contribution in [0.25, 0.3) is 0 Å². The monoisotopic (exact) mass is 494 g/mol. The quantitative estimate of drug-likeness (QED) is 0.642. The zero-order chi connectivity index (χ0) is 25.4. The van der Waals surface area contributed by atoms with Gasteiger partial charge in [0.1, 0.15) is 23.7 Å². The van der Waals surface area contributed by atoms with E-state index in [0.29, 0.717) is 12.2 Å². The largest absolute Gasteiger partial charge is 0.496 e. The van der Waals surface area contributed by atoms with Gasteiger partial charge in [-0.2, -0.15) is 0 Å². The number of carbonyl (C=O) groups is 4. The van der Waals surface area contributed by atoms with Crippen molar-refractivity contribution >= 4 is 23.6 Å². The van der Waals surface area contributed by atoms with Crippen LogP contribution >= 0.6 is 0 Å². The number of halogens is 1. The molecule has 10 heteroatoms. The second-order valence-corrected chi connectivity index (χ2v) is 9.35. The van der Waals surface area contributed by atoms with Crippen LogP contribution in [0.1, 0.15) is 28.8 Å². The van der Waals surface area contributed by atoms with Crippen LogP contribution in [0.15, 0.2) is 48.5 Å². The van der Waals surface area contributed by atoms with Gasteiger partial charge in [0, 0.05) is 30.3 Å². The molecule has 3 aliphatic heterocycles. The molecule has 3 saturated heterocycles. The fourth-order valence-electron chi connectivity index (χ4n) is 5.45. The number of amides is 4. The molecule has 0 saturated carbocycles. The molecule has 2 aromatic rings. The number of para-hydroxylation sites is 1. The summed E-state index contributed by atoms with van der Waals surface area (Å²) in [5, 5.41) is 5.85. The number of nitrogens with zero attached hydrogens (tertiary/aromatic N) is 2. The Morgan fingerprint density at radius 2 is 1.97 bits per heavy atom. The predicted octanol–water partition coefficient (Wildman–Crippen LogP) is 0.876. The molecule has 4 atom stereocenters. The third kappa shape index (κ3) is 4.38. The molecule has 2 aromatic carbocycles. The minimum Gasteiger partial charge on any atom is -0.496 e. The molecule has 9 nitrogen and oxygen atoms in total. The number of carbonyl (C=O) groups excluding carboxylic acids is 4. The maximum absolute atomic E-state index is 13.7. The van der Waals surface area contributed by atoms with Crippen LogP contribution in [0.3, 0.4) is 0 Å². The Morgan fingerprint density at radius 3 is 2.75 bits per heavy atom. The highest BCUT2D eigenvalue weighted by molar-refractivity contribution is 6.00. The molecule has 4 amide bonds. The third-order valence-corrected chi connectivity index (χ3v) is 7.11. The van der Waals surface area contributed by atoms with Crippen molar-refractivity contribution in [2.45, 2.75) is 43.4 Å². The van der Waals surface area contributed by atoms with Gasteiger partial charge < -0.3 is 25.2 Å². The number of methoxy groups -OCH3 is 1. The van der Waals surface area contributed by atoms with Gasteiger partial charge in [-0.05, 0) is 37.1 Å². The van der Waals surface area contributed by atoms with E-state index in [4.69, 9.17) is 4.74 Å². The van der Waals surface area contributed by atoms with Crippen LogP contribution in [0.2, 0.25) is 0 Å². The molecule has 0 radical (unpaired) electrons. The highest BCUT2D eigenvalue weighted by atomic mass is 19.1. The molecular formula is C26H27FN4O5. The van der Waals surface area contributed by atoms with Gasteiger partial charge in [0.15, 0.2) is 0 Å². The molecule has 3 fully saturated rings. The van der Waals surface area contributed by atoms with Crippen molar-refractivity contribution in [3.63, 3.8) is 0 Å². The third-order valence-electron chi connectivity index (χ3n) is 7.11. The Kier molecular flexibility index (Phi) is 6.34. The molecule has 0 aliphatic carbocycles. The molecule has 0 unspecified atom stereocenters. The molecule has 36 heavy (non-hydrogen) atoms. The molecule has 3 heterocycles. The van der Waals surface area contributed by atoms with Crippen molar-refractivity contribution in [2.24, 2.45) is 0 Å². The first-order chi connectivity index (χ1) is 17.4. The Morgan fingerprint density at radius 1 is 1.17 bits per heavy atom. The summed E-state index contributed by atoms with van der Waals surface area (Å²) in [7, 11) is 1.54. The summed E-state index contributed by atoms with van der Waals surface area (Å²) in [6.45, 7) is 0.439. The van der Waals surface area contributed by atoms with Gasteiger partial charge in [0.25, 0.3) is 5.91 Å². The second kappa shape index (κ2) is 9.60. The molecular weight excluding hydrogens is 467 g/mol. The molecule has 188 valence electrons. The van der Waals surface area contributed by atoms with Crippen LogP contribution in [0, 0.1) is 5.82 Å². The van der Waals surface area contributed by atoms with E-state index in [2.05, 4.69) is 10.6 Å². The normalized spacial score (nSPS) is 25.1. The van der Waals surface area contributed by atoms with E-state index >= 15 is 0 Å². The number of hydrogen-bond acceptors (Lipinski definition) is 5. The first-order valence-corrected chi connectivity index (χ1v) is 11.9. The number of benzene rings is 2. The predicted molar refractivity (Wildman–Crippen MR) is 127 cm³/mol. The molecule has 0 spiro atoms. The van der Waals surface area contributed by atoms with Crippen LogP contribution in [0.4, 0.5) is 4.39 Å². The standard InChI is InChI=1S/C26H27FN4O5/c1-36-21-8-3-2-5-15(21)12-22(32)28-18-13-20-24(33)29-19-9-10-30(23(19)26(35)31(20)14-18)25(34)16-6-4-7-17(27)11-16/h2-8,11,18-20,23H,9-10,12-14H2,1H3,(H,28,32)(H,29,33)/t18-,19-,20+,23+/m1/s1. The Bertz CT molecular complexity index is 1220. The van der Waals surface area contributed by atoms with Gasteiger partial charge in [0.05, 0.1) is 19.6 Å². The average molecular weight is 495 g/mol. The molecule has 2 N–H and O–H groups in total. The maximum atomic E-state index is 13.7. The lowest BCUT2D eigenvalue weighted by Gasteiger charge is -2.29. The zero-order valence-electron chi connectivity index (χ0n) is 19.8. The highest BCUT2D eigenvalue weighted by Crippen LogP contribution is 2.30. The summed E-state index contributed by atoms with van der Waals surface area (Å²) in [5.41, 5.74) is 0.887. The Balaban J connectivity index is 1.30. The van der Waals surface area contributed by atoms with E-state index in [0.717, 1.165) is 11.6 Å². The zero-order valence-corrected chi connectivity index (χ0v) is 19.8. The lowest BCUT2D eigenvalue weighted by atomic mass is 10.1.